The zero-order valence-corrected chi connectivity index (χ0v) is 11.5. The summed E-state index contributed by atoms with van der Waals surface area (Å²) in [7, 11) is 0. The Morgan fingerprint density at radius 3 is 2.95 bits per heavy atom. The molecule has 0 bridgehead atoms. The van der Waals surface area contributed by atoms with Crippen molar-refractivity contribution in [2.24, 2.45) is 5.84 Å². The highest BCUT2D eigenvalue weighted by molar-refractivity contribution is 7.08. The van der Waals surface area contributed by atoms with Crippen molar-refractivity contribution in [3.63, 3.8) is 0 Å². The molecule has 0 aliphatic carbocycles. The van der Waals surface area contributed by atoms with Gasteiger partial charge in [0.15, 0.2) is 0 Å². The molecule has 4 N–H and O–H groups in total. The molecule has 6 heteroatoms. The number of hydrazine groups is 1. The normalized spacial score (nSPS) is 10.2. The number of hydrogen-bond donors (Lipinski definition) is 3. The summed E-state index contributed by atoms with van der Waals surface area (Å²) in [6.45, 7) is 2.06. The molecule has 0 atom stereocenters. The second kappa shape index (κ2) is 6.31. The number of amides is 1. The van der Waals surface area contributed by atoms with Crippen molar-refractivity contribution in [3.8, 4) is 0 Å². The van der Waals surface area contributed by atoms with Crippen LogP contribution in [-0.4, -0.2) is 10.9 Å². The molecule has 0 aliphatic rings. The van der Waals surface area contributed by atoms with Gasteiger partial charge in [-0.15, -0.1) is 0 Å². The van der Waals surface area contributed by atoms with Gasteiger partial charge in [0.25, 0.3) is 5.91 Å². The number of nitrogens with two attached hydrogens (primary N) is 1. The van der Waals surface area contributed by atoms with Gasteiger partial charge in [-0.1, -0.05) is 13.3 Å². The number of nitrogen functional groups attached to an aromatic ring is 1. The number of nitrogens with zero attached hydrogens (tertiary/aromatic N) is 1. The van der Waals surface area contributed by atoms with Gasteiger partial charge in [-0.05, 0) is 30.0 Å². The molecule has 2 aromatic rings. The fourth-order valence-corrected chi connectivity index (χ4v) is 2.30. The second-order valence-corrected chi connectivity index (χ2v) is 4.87. The standard InChI is InChI=1S/C13H16N4OS/c1-2-3-10-6-9(7-12(15-10)17-14)13(18)16-11-4-5-19-8-11/h4-8H,2-3,14H2,1H3,(H,15,17)(H,16,18). The van der Waals surface area contributed by atoms with E-state index in [-0.39, 0.29) is 5.91 Å². The van der Waals surface area contributed by atoms with Crippen LogP contribution in [0.25, 0.3) is 0 Å². The van der Waals surface area contributed by atoms with E-state index in [1.807, 2.05) is 16.8 Å². The monoisotopic (exact) mass is 276 g/mol. The van der Waals surface area contributed by atoms with E-state index in [4.69, 9.17) is 5.84 Å². The van der Waals surface area contributed by atoms with Gasteiger partial charge in [0, 0.05) is 16.6 Å². The fourth-order valence-electron chi connectivity index (χ4n) is 1.72. The second-order valence-electron chi connectivity index (χ2n) is 4.09. The number of hydrogen-bond acceptors (Lipinski definition) is 5. The van der Waals surface area contributed by atoms with E-state index >= 15 is 0 Å². The first-order valence-electron chi connectivity index (χ1n) is 6.04. The lowest BCUT2D eigenvalue weighted by Crippen LogP contribution is -2.15. The first-order chi connectivity index (χ1) is 9.22. The summed E-state index contributed by atoms with van der Waals surface area (Å²) in [5, 5.41) is 6.63. The Morgan fingerprint density at radius 1 is 1.47 bits per heavy atom. The van der Waals surface area contributed by atoms with Crippen LogP contribution in [-0.2, 0) is 6.42 Å². The van der Waals surface area contributed by atoms with Gasteiger partial charge in [0.1, 0.15) is 5.82 Å². The minimum atomic E-state index is -0.158. The zero-order valence-electron chi connectivity index (χ0n) is 10.6. The molecular weight excluding hydrogens is 260 g/mol. The van der Waals surface area contributed by atoms with Crippen LogP contribution < -0.4 is 16.6 Å². The van der Waals surface area contributed by atoms with Crippen LogP contribution >= 0.6 is 11.3 Å². The van der Waals surface area contributed by atoms with Crippen molar-refractivity contribution in [1.29, 1.82) is 0 Å². The summed E-state index contributed by atoms with van der Waals surface area (Å²) < 4.78 is 0. The Bertz CT molecular complexity index is 554. The van der Waals surface area contributed by atoms with Gasteiger partial charge in [-0.25, -0.2) is 10.8 Å². The van der Waals surface area contributed by atoms with E-state index in [1.54, 1.807) is 12.1 Å². The van der Waals surface area contributed by atoms with Gasteiger partial charge >= 0.3 is 0 Å². The molecule has 2 heterocycles. The predicted molar refractivity (Wildman–Crippen MR) is 78.3 cm³/mol. The van der Waals surface area contributed by atoms with Crippen molar-refractivity contribution in [2.75, 3.05) is 10.7 Å². The van der Waals surface area contributed by atoms with Crippen LogP contribution in [0.2, 0.25) is 0 Å². The van der Waals surface area contributed by atoms with Crippen molar-refractivity contribution in [1.82, 2.24) is 4.98 Å². The maximum absolute atomic E-state index is 12.1. The maximum atomic E-state index is 12.1. The predicted octanol–water partition coefficient (Wildman–Crippen LogP) is 2.63. The Kier molecular flexibility index (Phi) is 4.48. The van der Waals surface area contributed by atoms with Crippen LogP contribution in [0.1, 0.15) is 29.4 Å². The Morgan fingerprint density at radius 2 is 2.32 bits per heavy atom. The van der Waals surface area contributed by atoms with Crippen molar-refractivity contribution in [3.05, 3.63) is 40.2 Å². The average Bonchev–Trinajstić information content (AvgIpc) is 2.91. The molecule has 0 unspecified atom stereocenters. The fraction of sp³-hybridized carbons (Fsp3) is 0.231. The van der Waals surface area contributed by atoms with Gasteiger partial charge in [-0.2, -0.15) is 11.3 Å². The van der Waals surface area contributed by atoms with Crippen LogP contribution in [0.3, 0.4) is 0 Å². The topological polar surface area (TPSA) is 80.0 Å². The summed E-state index contributed by atoms with van der Waals surface area (Å²) >= 11 is 1.54. The molecule has 2 aromatic heterocycles. The Labute approximate surface area is 115 Å². The van der Waals surface area contributed by atoms with Gasteiger partial charge in [0.05, 0.1) is 5.69 Å². The molecule has 0 aromatic carbocycles. The molecule has 0 aliphatic heterocycles. The number of anilines is 2. The molecule has 5 nitrogen and oxygen atoms in total. The van der Waals surface area contributed by atoms with Gasteiger partial charge in [-0.3, -0.25) is 4.79 Å². The van der Waals surface area contributed by atoms with Crippen LogP contribution in [0.15, 0.2) is 29.0 Å². The van der Waals surface area contributed by atoms with E-state index in [9.17, 15) is 4.79 Å². The van der Waals surface area contributed by atoms with E-state index in [2.05, 4.69) is 22.7 Å². The highest BCUT2D eigenvalue weighted by Gasteiger charge is 2.10. The number of thiophene rings is 1. The summed E-state index contributed by atoms with van der Waals surface area (Å²) in [6.07, 6.45) is 1.78. The van der Waals surface area contributed by atoms with Crippen molar-refractivity contribution >= 4 is 28.7 Å². The quantitative estimate of drug-likeness (QED) is 0.579. The van der Waals surface area contributed by atoms with E-state index in [0.717, 1.165) is 24.2 Å². The smallest absolute Gasteiger partial charge is 0.255 e. The minimum absolute atomic E-state index is 0.158. The third-order valence-corrected chi connectivity index (χ3v) is 3.26. The number of aromatic nitrogens is 1. The van der Waals surface area contributed by atoms with E-state index < -0.39 is 0 Å². The third-order valence-electron chi connectivity index (χ3n) is 2.57. The van der Waals surface area contributed by atoms with Crippen molar-refractivity contribution in [2.45, 2.75) is 19.8 Å². The molecular formula is C13H16N4OS. The Hall–Kier alpha value is -1.92. The largest absolute Gasteiger partial charge is 0.321 e. The lowest BCUT2D eigenvalue weighted by Gasteiger charge is -2.08. The van der Waals surface area contributed by atoms with Crippen LogP contribution in [0.4, 0.5) is 11.5 Å². The number of pyridine rings is 1. The molecule has 100 valence electrons. The molecule has 0 spiro atoms. The number of aryl methyl sites for hydroxylation is 1. The third kappa shape index (κ3) is 3.52. The number of nitrogens with one attached hydrogen (secondary N) is 2. The molecule has 19 heavy (non-hydrogen) atoms. The molecule has 0 radical (unpaired) electrons. The van der Waals surface area contributed by atoms with E-state index in [1.165, 1.54) is 11.3 Å². The summed E-state index contributed by atoms with van der Waals surface area (Å²) in [5.41, 5.74) is 4.70. The highest BCUT2D eigenvalue weighted by Crippen LogP contribution is 2.16. The molecule has 1 amide bonds. The lowest BCUT2D eigenvalue weighted by molar-refractivity contribution is 0.102. The first kappa shape index (κ1) is 13.5. The summed E-state index contributed by atoms with van der Waals surface area (Å²) in [5.74, 6) is 5.72. The number of rotatable bonds is 5. The molecule has 0 saturated carbocycles. The van der Waals surface area contributed by atoms with Crippen molar-refractivity contribution < 1.29 is 4.79 Å². The summed E-state index contributed by atoms with van der Waals surface area (Å²) in [4.78, 5) is 16.4. The Balaban J connectivity index is 2.22. The maximum Gasteiger partial charge on any atom is 0.255 e. The summed E-state index contributed by atoms with van der Waals surface area (Å²) in [6, 6.07) is 5.30. The molecule has 0 saturated heterocycles. The first-order valence-corrected chi connectivity index (χ1v) is 6.98. The van der Waals surface area contributed by atoms with Crippen LogP contribution in [0, 0.1) is 0 Å². The number of carbonyl (C=O) groups excluding carboxylic acids is 1. The number of carbonyl (C=O) groups is 1. The van der Waals surface area contributed by atoms with E-state index in [0.29, 0.717) is 11.4 Å². The van der Waals surface area contributed by atoms with Gasteiger partial charge in [0.2, 0.25) is 0 Å². The molecule has 0 fully saturated rings. The zero-order chi connectivity index (χ0) is 13.7. The van der Waals surface area contributed by atoms with Crippen LogP contribution in [0.5, 0.6) is 0 Å². The molecule has 2 rings (SSSR count). The lowest BCUT2D eigenvalue weighted by atomic mass is 10.1. The average molecular weight is 276 g/mol. The SMILES string of the molecule is CCCc1cc(C(=O)Nc2ccsc2)cc(NN)n1. The highest BCUT2D eigenvalue weighted by atomic mass is 32.1. The minimum Gasteiger partial charge on any atom is -0.321 e. The van der Waals surface area contributed by atoms with Gasteiger partial charge < -0.3 is 10.7 Å².